The molecular weight excluding hydrogens is 280 g/mol. The lowest BCUT2D eigenvalue weighted by atomic mass is 10.1. The molecule has 0 saturated heterocycles. The number of aryl methyl sites for hydroxylation is 1. The second-order valence-corrected chi connectivity index (χ2v) is 4.77. The minimum atomic E-state index is -0.377. The Morgan fingerprint density at radius 3 is 2.64 bits per heavy atom. The second kappa shape index (κ2) is 7.18. The molecule has 6 nitrogen and oxygen atoms in total. The van der Waals surface area contributed by atoms with Crippen molar-refractivity contribution in [2.24, 2.45) is 0 Å². The number of hydrogen-bond acceptors (Lipinski definition) is 4. The van der Waals surface area contributed by atoms with Crippen LogP contribution in [0.3, 0.4) is 0 Å². The van der Waals surface area contributed by atoms with Gasteiger partial charge in [0.1, 0.15) is 5.69 Å². The number of carbonyl (C=O) groups is 1. The first-order valence-electron chi connectivity index (χ1n) is 6.99. The van der Waals surface area contributed by atoms with E-state index in [0.717, 1.165) is 12.0 Å². The van der Waals surface area contributed by atoms with Crippen molar-refractivity contribution in [1.29, 1.82) is 5.26 Å². The van der Waals surface area contributed by atoms with E-state index in [1.165, 1.54) is 16.8 Å². The van der Waals surface area contributed by atoms with Gasteiger partial charge in [-0.05, 0) is 30.2 Å². The van der Waals surface area contributed by atoms with Gasteiger partial charge in [-0.25, -0.2) is 4.68 Å². The molecule has 0 atom stereocenters. The Hall–Kier alpha value is -2.94. The lowest BCUT2D eigenvalue weighted by Crippen LogP contribution is -2.26. The number of nitrogens with zero attached hydrogens (tertiary/aromatic N) is 3. The van der Waals surface area contributed by atoms with Gasteiger partial charge < -0.3 is 5.32 Å². The molecule has 22 heavy (non-hydrogen) atoms. The summed E-state index contributed by atoms with van der Waals surface area (Å²) in [4.78, 5) is 23.7. The van der Waals surface area contributed by atoms with Gasteiger partial charge in [0.2, 0.25) is 0 Å². The third-order valence-electron chi connectivity index (χ3n) is 3.03. The van der Waals surface area contributed by atoms with E-state index in [4.69, 9.17) is 5.26 Å². The standard InChI is InChI=1S/C16H16N4O2/c1-2-11-20-15(21)8-7-14(19-20)16(22)18-13-5-3-12(4-6-13)9-10-17/h3-8H,2,9,11H2,1H3,(H,18,22). The highest BCUT2D eigenvalue weighted by molar-refractivity contribution is 6.02. The van der Waals surface area contributed by atoms with Crippen molar-refractivity contribution >= 4 is 11.6 Å². The minimum Gasteiger partial charge on any atom is -0.321 e. The molecule has 0 aliphatic heterocycles. The Labute approximate surface area is 128 Å². The van der Waals surface area contributed by atoms with E-state index in [2.05, 4.69) is 16.5 Å². The molecule has 1 heterocycles. The number of amides is 1. The molecule has 0 aliphatic carbocycles. The van der Waals surface area contributed by atoms with Crippen molar-refractivity contribution in [3.8, 4) is 6.07 Å². The highest BCUT2D eigenvalue weighted by atomic mass is 16.2. The Morgan fingerprint density at radius 2 is 2.00 bits per heavy atom. The summed E-state index contributed by atoms with van der Waals surface area (Å²) in [5.41, 5.74) is 1.46. The van der Waals surface area contributed by atoms with Gasteiger partial charge in [-0.2, -0.15) is 10.4 Å². The maximum Gasteiger partial charge on any atom is 0.276 e. The van der Waals surface area contributed by atoms with Crippen LogP contribution in [0.2, 0.25) is 0 Å². The van der Waals surface area contributed by atoms with Crippen LogP contribution in [-0.2, 0) is 13.0 Å². The smallest absolute Gasteiger partial charge is 0.276 e. The molecule has 1 aromatic carbocycles. The van der Waals surface area contributed by atoms with E-state index in [9.17, 15) is 9.59 Å². The van der Waals surface area contributed by atoms with Crippen molar-refractivity contribution < 1.29 is 4.79 Å². The molecule has 6 heteroatoms. The van der Waals surface area contributed by atoms with E-state index in [1.807, 2.05) is 6.92 Å². The second-order valence-electron chi connectivity index (χ2n) is 4.77. The SMILES string of the molecule is CCCn1nc(C(=O)Nc2ccc(CC#N)cc2)ccc1=O. The number of anilines is 1. The van der Waals surface area contributed by atoms with E-state index >= 15 is 0 Å². The van der Waals surface area contributed by atoms with Crippen LogP contribution < -0.4 is 10.9 Å². The third kappa shape index (κ3) is 3.79. The van der Waals surface area contributed by atoms with Crippen LogP contribution >= 0.6 is 0 Å². The number of nitriles is 1. The molecule has 2 rings (SSSR count). The summed E-state index contributed by atoms with van der Waals surface area (Å²) in [7, 11) is 0. The van der Waals surface area contributed by atoms with E-state index in [-0.39, 0.29) is 17.2 Å². The number of hydrogen-bond donors (Lipinski definition) is 1. The normalized spacial score (nSPS) is 10.0. The monoisotopic (exact) mass is 296 g/mol. The number of nitrogens with one attached hydrogen (secondary N) is 1. The maximum absolute atomic E-state index is 12.2. The lowest BCUT2D eigenvalue weighted by Gasteiger charge is -2.07. The van der Waals surface area contributed by atoms with Crippen LogP contribution in [-0.4, -0.2) is 15.7 Å². The van der Waals surface area contributed by atoms with Crippen molar-refractivity contribution in [3.05, 3.63) is 58.0 Å². The summed E-state index contributed by atoms with van der Waals surface area (Å²) in [6.45, 7) is 2.41. The molecule has 0 unspecified atom stereocenters. The first kappa shape index (κ1) is 15.4. The van der Waals surface area contributed by atoms with Gasteiger partial charge in [0.15, 0.2) is 0 Å². The predicted octanol–water partition coefficient (Wildman–Crippen LogP) is 1.97. The van der Waals surface area contributed by atoms with Gasteiger partial charge in [-0.1, -0.05) is 19.1 Å². The van der Waals surface area contributed by atoms with Gasteiger partial charge in [0.05, 0.1) is 12.5 Å². The highest BCUT2D eigenvalue weighted by Gasteiger charge is 2.09. The molecule has 0 fully saturated rings. The van der Waals surface area contributed by atoms with Crippen LogP contribution in [0.4, 0.5) is 5.69 Å². The fraction of sp³-hybridized carbons (Fsp3) is 0.250. The first-order chi connectivity index (χ1) is 10.6. The zero-order chi connectivity index (χ0) is 15.9. The predicted molar refractivity (Wildman–Crippen MR) is 82.5 cm³/mol. The van der Waals surface area contributed by atoms with E-state index in [1.54, 1.807) is 24.3 Å². The van der Waals surface area contributed by atoms with Crippen LogP contribution in [0.25, 0.3) is 0 Å². The third-order valence-corrected chi connectivity index (χ3v) is 3.03. The Bertz CT molecular complexity index is 757. The van der Waals surface area contributed by atoms with Gasteiger partial charge in [0.25, 0.3) is 11.5 Å². The average molecular weight is 296 g/mol. The molecule has 0 bridgehead atoms. The molecule has 0 aliphatic rings. The molecule has 1 amide bonds. The van der Waals surface area contributed by atoms with Gasteiger partial charge in [0, 0.05) is 18.3 Å². The molecule has 1 N–H and O–H groups in total. The molecule has 112 valence electrons. The summed E-state index contributed by atoms with van der Waals surface area (Å²) >= 11 is 0. The Morgan fingerprint density at radius 1 is 1.27 bits per heavy atom. The van der Waals surface area contributed by atoms with Gasteiger partial charge >= 0.3 is 0 Å². The van der Waals surface area contributed by atoms with Crippen LogP contribution in [0.5, 0.6) is 0 Å². The molecule has 1 aromatic heterocycles. The van der Waals surface area contributed by atoms with Crippen molar-refractivity contribution in [3.63, 3.8) is 0 Å². The maximum atomic E-state index is 12.2. The average Bonchev–Trinajstić information content (AvgIpc) is 2.52. The lowest BCUT2D eigenvalue weighted by molar-refractivity contribution is 0.102. The summed E-state index contributed by atoms with van der Waals surface area (Å²) in [5.74, 6) is -0.377. The molecule has 0 radical (unpaired) electrons. The van der Waals surface area contributed by atoms with E-state index in [0.29, 0.717) is 18.7 Å². The zero-order valence-corrected chi connectivity index (χ0v) is 12.2. The number of benzene rings is 1. The number of rotatable bonds is 5. The summed E-state index contributed by atoms with van der Waals surface area (Å²) in [6.07, 6.45) is 1.09. The van der Waals surface area contributed by atoms with Crippen molar-refractivity contribution in [2.45, 2.75) is 26.3 Å². The van der Waals surface area contributed by atoms with Crippen molar-refractivity contribution in [1.82, 2.24) is 9.78 Å². The topological polar surface area (TPSA) is 87.8 Å². The van der Waals surface area contributed by atoms with Gasteiger partial charge in [-0.3, -0.25) is 9.59 Å². The summed E-state index contributed by atoms with van der Waals surface area (Å²) < 4.78 is 1.28. The summed E-state index contributed by atoms with van der Waals surface area (Å²) in [5, 5.41) is 15.4. The van der Waals surface area contributed by atoms with Gasteiger partial charge in [-0.15, -0.1) is 0 Å². The Kier molecular flexibility index (Phi) is 5.04. The Balaban J connectivity index is 2.13. The molecule has 2 aromatic rings. The number of aromatic nitrogens is 2. The largest absolute Gasteiger partial charge is 0.321 e. The quantitative estimate of drug-likeness (QED) is 0.913. The molecular formula is C16H16N4O2. The first-order valence-corrected chi connectivity index (χ1v) is 6.99. The molecule has 0 saturated carbocycles. The fourth-order valence-electron chi connectivity index (χ4n) is 1.93. The number of carbonyl (C=O) groups excluding carboxylic acids is 1. The zero-order valence-electron chi connectivity index (χ0n) is 12.2. The van der Waals surface area contributed by atoms with Crippen LogP contribution in [0.15, 0.2) is 41.2 Å². The van der Waals surface area contributed by atoms with E-state index < -0.39 is 0 Å². The summed E-state index contributed by atoms with van der Waals surface area (Å²) in [6, 6.07) is 11.8. The van der Waals surface area contributed by atoms with Crippen LogP contribution in [0.1, 0.15) is 29.4 Å². The minimum absolute atomic E-state index is 0.189. The highest BCUT2D eigenvalue weighted by Crippen LogP contribution is 2.11. The fourth-order valence-corrected chi connectivity index (χ4v) is 1.93. The van der Waals surface area contributed by atoms with Crippen molar-refractivity contribution in [2.75, 3.05) is 5.32 Å². The molecule has 0 spiro atoms. The van der Waals surface area contributed by atoms with Crippen LogP contribution in [0, 0.1) is 11.3 Å².